The average Bonchev–Trinajstić information content (AvgIpc) is 3.34. The number of hydrogen-bond donors (Lipinski definition) is 0. The molecule has 1 atom stereocenters. The molecule has 0 radical (unpaired) electrons. The number of aromatic nitrogens is 5. The van der Waals surface area contributed by atoms with Gasteiger partial charge in [-0.1, -0.05) is 11.6 Å². The molecule has 0 bridgehead atoms. The zero-order valence-electron chi connectivity index (χ0n) is 13.1. The van der Waals surface area contributed by atoms with Gasteiger partial charge in [-0.25, -0.2) is 19.5 Å². The number of fused-ring (bicyclic) bond motifs is 1. The van der Waals surface area contributed by atoms with Gasteiger partial charge < -0.3 is 4.74 Å². The molecule has 0 aliphatic heterocycles. The van der Waals surface area contributed by atoms with Crippen LogP contribution in [0.4, 0.5) is 0 Å². The molecule has 3 aromatic heterocycles. The molecular formula is C15H14ClN5O2S. The van der Waals surface area contributed by atoms with E-state index in [4.69, 9.17) is 21.4 Å². The summed E-state index contributed by atoms with van der Waals surface area (Å²) in [6, 6.07) is 1.86. The summed E-state index contributed by atoms with van der Waals surface area (Å²) in [4.78, 5) is 12.7. The van der Waals surface area contributed by atoms with Crippen LogP contribution < -0.4 is 4.74 Å². The summed E-state index contributed by atoms with van der Waals surface area (Å²) in [6.45, 7) is 0. The largest absolute Gasteiger partial charge is 0.495 e. The number of imidazole rings is 1. The Kier molecular flexibility index (Phi) is 3.73. The molecule has 0 N–H and O–H groups in total. The van der Waals surface area contributed by atoms with E-state index in [1.54, 1.807) is 17.8 Å². The summed E-state index contributed by atoms with van der Waals surface area (Å²) in [7, 11) is 0.332. The molecule has 1 saturated carbocycles. The maximum atomic E-state index is 11.7. The van der Waals surface area contributed by atoms with E-state index in [0.717, 1.165) is 24.3 Å². The Morgan fingerprint density at radius 3 is 2.79 bits per heavy atom. The third kappa shape index (κ3) is 2.55. The van der Waals surface area contributed by atoms with Crippen molar-refractivity contribution in [3.63, 3.8) is 0 Å². The molecule has 1 aliphatic rings. The Morgan fingerprint density at radius 1 is 1.33 bits per heavy atom. The Balaban J connectivity index is 1.93. The summed E-state index contributed by atoms with van der Waals surface area (Å²) in [5.41, 5.74) is 2.64. The standard InChI is InChI=1S/C15H14ClN5O2S/c1-23-11-5-12-17-7-10(21(12)20-13(11)8-3-4-8)14-9(16)6-18-15(19-14)24(2)22/h5-8H,3-4H2,1-2H3. The molecule has 3 aromatic rings. The van der Waals surface area contributed by atoms with Gasteiger partial charge in [0.05, 0.1) is 35.3 Å². The second kappa shape index (κ2) is 5.78. The molecule has 1 aliphatic carbocycles. The number of methoxy groups -OCH3 is 1. The minimum atomic E-state index is -1.30. The summed E-state index contributed by atoms with van der Waals surface area (Å²) < 4.78 is 18.8. The van der Waals surface area contributed by atoms with E-state index in [0.29, 0.717) is 28.0 Å². The van der Waals surface area contributed by atoms with E-state index in [1.807, 2.05) is 6.07 Å². The molecule has 0 amide bonds. The van der Waals surface area contributed by atoms with E-state index in [2.05, 4.69) is 15.0 Å². The van der Waals surface area contributed by atoms with E-state index >= 15 is 0 Å². The third-order valence-electron chi connectivity index (χ3n) is 3.89. The van der Waals surface area contributed by atoms with Crippen molar-refractivity contribution in [1.82, 2.24) is 24.6 Å². The molecule has 1 fully saturated rings. The zero-order valence-corrected chi connectivity index (χ0v) is 14.6. The van der Waals surface area contributed by atoms with Crippen molar-refractivity contribution in [2.24, 2.45) is 0 Å². The molecule has 7 nitrogen and oxygen atoms in total. The van der Waals surface area contributed by atoms with Gasteiger partial charge in [0.1, 0.15) is 22.8 Å². The summed E-state index contributed by atoms with van der Waals surface area (Å²) >= 11 is 6.25. The molecule has 24 heavy (non-hydrogen) atoms. The van der Waals surface area contributed by atoms with E-state index in [1.165, 1.54) is 12.5 Å². The normalized spacial score (nSPS) is 15.6. The van der Waals surface area contributed by atoms with E-state index in [-0.39, 0.29) is 5.16 Å². The van der Waals surface area contributed by atoms with Crippen LogP contribution in [-0.2, 0) is 10.8 Å². The van der Waals surface area contributed by atoms with Crippen molar-refractivity contribution in [2.75, 3.05) is 13.4 Å². The van der Waals surface area contributed by atoms with Crippen LogP contribution in [0.5, 0.6) is 5.75 Å². The lowest BCUT2D eigenvalue weighted by Gasteiger charge is -2.09. The Labute approximate surface area is 145 Å². The van der Waals surface area contributed by atoms with Gasteiger partial charge in [0, 0.05) is 18.2 Å². The first-order chi connectivity index (χ1) is 11.6. The van der Waals surface area contributed by atoms with Crippen LogP contribution in [-0.4, -0.2) is 42.1 Å². The number of ether oxygens (including phenoxy) is 1. The fourth-order valence-electron chi connectivity index (χ4n) is 2.55. The van der Waals surface area contributed by atoms with Crippen LogP contribution in [0.25, 0.3) is 17.0 Å². The van der Waals surface area contributed by atoms with Crippen molar-refractivity contribution >= 4 is 28.0 Å². The zero-order chi connectivity index (χ0) is 16.8. The molecule has 0 aromatic carbocycles. The topological polar surface area (TPSA) is 82.3 Å². The first-order valence-electron chi connectivity index (χ1n) is 7.37. The molecule has 4 rings (SSSR count). The van der Waals surface area contributed by atoms with Crippen molar-refractivity contribution in [3.8, 4) is 17.1 Å². The Morgan fingerprint density at radius 2 is 2.12 bits per heavy atom. The average molecular weight is 364 g/mol. The van der Waals surface area contributed by atoms with Gasteiger partial charge in [-0.3, -0.25) is 4.21 Å². The Bertz CT molecular complexity index is 970. The van der Waals surface area contributed by atoms with Gasteiger partial charge in [0.2, 0.25) is 5.16 Å². The second-order valence-electron chi connectivity index (χ2n) is 5.59. The van der Waals surface area contributed by atoms with Crippen molar-refractivity contribution in [3.05, 3.63) is 29.2 Å². The highest BCUT2D eigenvalue weighted by Gasteiger charge is 2.30. The molecule has 124 valence electrons. The van der Waals surface area contributed by atoms with Gasteiger partial charge in [0.25, 0.3) is 0 Å². The van der Waals surface area contributed by atoms with Crippen LogP contribution in [0.3, 0.4) is 0 Å². The minimum Gasteiger partial charge on any atom is -0.495 e. The molecular weight excluding hydrogens is 350 g/mol. The fraction of sp³-hybridized carbons (Fsp3) is 0.333. The minimum absolute atomic E-state index is 0.222. The van der Waals surface area contributed by atoms with Crippen molar-refractivity contribution < 1.29 is 8.95 Å². The molecule has 0 spiro atoms. The summed E-state index contributed by atoms with van der Waals surface area (Å²) in [6.07, 6.45) is 6.83. The van der Waals surface area contributed by atoms with Gasteiger partial charge >= 0.3 is 0 Å². The van der Waals surface area contributed by atoms with Crippen molar-refractivity contribution in [2.45, 2.75) is 23.9 Å². The van der Waals surface area contributed by atoms with Gasteiger partial charge in [-0.2, -0.15) is 5.10 Å². The maximum absolute atomic E-state index is 11.7. The van der Waals surface area contributed by atoms with Crippen LogP contribution in [0.2, 0.25) is 5.02 Å². The number of nitrogens with zero attached hydrogens (tertiary/aromatic N) is 5. The van der Waals surface area contributed by atoms with Gasteiger partial charge in [-0.15, -0.1) is 0 Å². The molecule has 1 unspecified atom stereocenters. The fourth-order valence-corrected chi connectivity index (χ4v) is 3.15. The summed E-state index contributed by atoms with van der Waals surface area (Å²) in [5, 5.41) is 5.27. The van der Waals surface area contributed by atoms with Crippen LogP contribution in [0.15, 0.2) is 23.6 Å². The highest BCUT2D eigenvalue weighted by molar-refractivity contribution is 7.84. The van der Waals surface area contributed by atoms with Crippen molar-refractivity contribution in [1.29, 1.82) is 0 Å². The molecule has 9 heteroatoms. The van der Waals surface area contributed by atoms with Gasteiger partial charge in [-0.05, 0) is 12.8 Å². The van der Waals surface area contributed by atoms with E-state index in [9.17, 15) is 4.21 Å². The van der Waals surface area contributed by atoms with Crippen LogP contribution >= 0.6 is 11.6 Å². The quantitative estimate of drug-likeness (QED) is 0.662. The number of hydrogen-bond acceptors (Lipinski definition) is 6. The van der Waals surface area contributed by atoms with Crippen LogP contribution in [0.1, 0.15) is 24.5 Å². The first-order valence-corrected chi connectivity index (χ1v) is 9.31. The second-order valence-corrected chi connectivity index (χ2v) is 7.27. The van der Waals surface area contributed by atoms with E-state index < -0.39 is 10.8 Å². The summed E-state index contributed by atoms with van der Waals surface area (Å²) in [5.74, 6) is 1.16. The molecule has 3 heterocycles. The predicted molar refractivity (Wildman–Crippen MR) is 89.9 cm³/mol. The Hall–Kier alpha value is -2.06. The number of halogens is 1. The lowest BCUT2D eigenvalue weighted by atomic mass is 10.2. The SMILES string of the molecule is COc1cc2ncc(-c3nc(S(C)=O)ncc3Cl)n2nc1C1CC1. The predicted octanol–water partition coefficient (Wildman–Crippen LogP) is 2.46. The highest BCUT2D eigenvalue weighted by atomic mass is 35.5. The lowest BCUT2D eigenvalue weighted by Crippen LogP contribution is -2.04. The smallest absolute Gasteiger partial charge is 0.218 e. The molecule has 0 saturated heterocycles. The van der Waals surface area contributed by atoms with Crippen LogP contribution in [0, 0.1) is 0 Å². The number of rotatable bonds is 4. The third-order valence-corrected chi connectivity index (χ3v) is 4.88. The van der Waals surface area contributed by atoms with Gasteiger partial charge in [0.15, 0.2) is 5.65 Å². The first kappa shape index (κ1) is 15.5. The maximum Gasteiger partial charge on any atom is 0.218 e. The lowest BCUT2D eigenvalue weighted by molar-refractivity contribution is 0.405. The monoisotopic (exact) mass is 363 g/mol. The highest BCUT2D eigenvalue weighted by Crippen LogP contribution is 2.43.